The molecule has 1 heterocycles. The zero-order valence-corrected chi connectivity index (χ0v) is 14.1. The lowest BCUT2D eigenvalue weighted by Gasteiger charge is -2.23. The fourth-order valence-electron chi connectivity index (χ4n) is 3.06. The summed E-state index contributed by atoms with van der Waals surface area (Å²) in [4.78, 5) is 0.358. The first-order valence-electron chi connectivity index (χ1n) is 7.79. The second kappa shape index (κ2) is 6.30. The van der Waals surface area contributed by atoms with Crippen LogP contribution in [0.5, 0.6) is 0 Å². The zero-order valence-electron chi connectivity index (χ0n) is 13.3. The Hall–Kier alpha value is -1.91. The summed E-state index contributed by atoms with van der Waals surface area (Å²) in [6, 6.07) is 15.2. The van der Waals surface area contributed by atoms with Gasteiger partial charge in [0, 0.05) is 19.0 Å². The van der Waals surface area contributed by atoms with Crippen LogP contribution in [-0.2, 0) is 16.4 Å². The Kier molecular flexibility index (Phi) is 4.37. The highest BCUT2D eigenvalue weighted by atomic mass is 32.2. The van der Waals surface area contributed by atoms with E-state index in [0.29, 0.717) is 18.0 Å². The van der Waals surface area contributed by atoms with E-state index in [-0.39, 0.29) is 5.92 Å². The van der Waals surface area contributed by atoms with E-state index in [2.05, 4.69) is 18.7 Å². The van der Waals surface area contributed by atoms with Crippen molar-refractivity contribution in [2.75, 3.05) is 13.1 Å². The molecule has 0 saturated carbocycles. The fourth-order valence-corrected chi connectivity index (χ4v) is 4.52. The predicted molar refractivity (Wildman–Crippen MR) is 93.0 cm³/mol. The van der Waals surface area contributed by atoms with Crippen molar-refractivity contribution >= 4 is 10.0 Å². The maximum atomic E-state index is 13.0. The summed E-state index contributed by atoms with van der Waals surface area (Å²) < 4.78 is 27.5. The molecular formula is C19H21NO2S. The van der Waals surface area contributed by atoms with Crippen molar-refractivity contribution in [1.82, 2.24) is 4.31 Å². The number of nitrogens with zero attached hydrogens (tertiary/aromatic N) is 1. The average molecular weight is 327 g/mol. The number of benzene rings is 2. The SMILES string of the molecule is C=C[C@@H]1CN(S(=O)(=O)c2ccc(C)cc2)CCc2ccccc21. The topological polar surface area (TPSA) is 37.4 Å². The summed E-state index contributed by atoms with van der Waals surface area (Å²) >= 11 is 0. The van der Waals surface area contributed by atoms with Gasteiger partial charge in [-0.1, -0.05) is 48.0 Å². The van der Waals surface area contributed by atoms with Crippen LogP contribution in [0.4, 0.5) is 0 Å². The van der Waals surface area contributed by atoms with Crippen LogP contribution in [0.1, 0.15) is 22.6 Å². The molecule has 2 aromatic carbocycles. The van der Waals surface area contributed by atoms with E-state index in [1.54, 1.807) is 16.4 Å². The van der Waals surface area contributed by atoms with Crippen LogP contribution in [0.15, 0.2) is 66.1 Å². The molecule has 1 aliphatic heterocycles. The van der Waals surface area contributed by atoms with Gasteiger partial charge in [-0.15, -0.1) is 6.58 Å². The monoisotopic (exact) mass is 327 g/mol. The average Bonchev–Trinajstić information content (AvgIpc) is 2.75. The van der Waals surface area contributed by atoms with Crippen molar-refractivity contribution in [3.63, 3.8) is 0 Å². The summed E-state index contributed by atoms with van der Waals surface area (Å²) in [5.41, 5.74) is 3.44. The molecule has 120 valence electrons. The van der Waals surface area contributed by atoms with Crippen LogP contribution in [-0.4, -0.2) is 25.8 Å². The summed E-state index contributed by atoms with van der Waals surface area (Å²) in [5.74, 6) is 0.0222. The number of hydrogen-bond acceptors (Lipinski definition) is 2. The Morgan fingerprint density at radius 1 is 1.13 bits per heavy atom. The fraction of sp³-hybridized carbons (Fsp3) is 0.263. The van der Waals surface area contributed by atoms with Gasteiger partial charge in [-0.05, 0) is 36.6 Å². The van der Waals surface area contributed by atoms with E-state index < -0.39 is 10.0 Å². The lowest BCUT2D eigenvalue weighted by molar-refractivity contribution is 0.415. The van der Waals surface area contributed by atoms with Crippen LogP contribution in [0.3, 0.4) is 0 Å². The first-order chi connectivity index (χ1) is 11.0. The molecule has 0 radical (unpaired) electrons. The summed E-state index contributed by atoms with van der Waals surface area (Å²) in [7, 11) is -3.48. The third-order valence-corrected chi connectivity index (χ3v) is 6.31. The molecule has 4 heteroatoms. The zero-order chi connectivity index (χ0) is 16.4. The van der Waals surface area contributed by atoms with Crippen LogP contribution in [0.2, 0.25) is 0 Å². The highest BCUT2D eigenvalue weighted by Gasteiger charge is 2.29. The van der Waals surface area contributed by atoms with Crippen molar-refractivity contribution in [3.05, 3.63) is 77.9 Å². The lowest BCUT2D eigenvalue weighted by atomic mass is 9.94. The van der Waals surface area contributed by atoms with Crippen molar-refractivity contribution in [3.8, 4) is 0 Å². The Morgan fingerprint density at radius 2 is 1.83 bits per heavy atom. The maximum absolute atomic E-state index is 13.0. The molecule has 0 aromatic heterocycles. The minimum absolute atomic E-state index is 0.0222. The van der Waals surface area contributed by atoms with Gasteiger partial charge in [-0.3, -0.25) is 0 Å². The van der Waals surface area contributed by atoms with E-state index >= 15 is 0 Å². The lowest BCUT2D eigenvalue weighted by Crippen LogP contribution is -2.34. The Morgan fingerprint density at radius 3 is 2.52 bits per heavy atom. The van der Waals surface area contributed by atoms with Gasteiger partial charge in [0.05, 0.1) is 4.90 Å². The van der Waals surface area contributed by atoms with Gasteiger partial charge in [0.2, 0.25) is 10.0 Å². The minimum atomic E-state index is -3.48. The van der Waals surface area contributed by atoms with Gasteiger partial charge in [-0.25, -0.2) is 8.42 Å². The third-order valence-electron chi connectivity index (χ3n) is 4.43. The molecule has 0 bridgehead atoms. The second-order valence-electron chi connectivity index (χ2n) is 5.97. The van der Waals surface area contributed by atoms with Crippen LogP contribution < -0.4 is 0 Å². The molecular weight excluding hydrogens is 306 g/mol. The molecule has 2 aromatic rings. The van der Waals surface area contributed by atoms with Crippen LogP contribution in [0.25, 0.3) is 0 Å². The smallest absolute Gasteiger partial charge is 0.207 e. The number of fused-ring (bicyclic) bond motifs is 1. The van der Waals surface area contributed by atoms with Crippen molar-refractivity contribution in [2.45, 2.75) is 24.2 Å². The second-order valence-corrected chi connectivity index (χ2v) is 7.91. The van der Waals surface area contributed by atoms with Crippen molar-refractivity contribution in [1.29, 1.82) is 0 Å². The molecule has 0 unspecified atom stereocenters. The molecule has 1 atom stereocenters. The Bertz CT molecular complexity index is 810. The summed E-state index contributed by atoms with van der Waals surface area (Å²) in [5, 5.41) is 0. The highest BCUT2D eigenvalue weighted by Crippen LogP contribution is 2.29. The van der Waals surface area contributed by atoms with Crippen LogP contribution in [0, 0.1) is 6.92 Å². The molecule has 23 heavy (non-hydrogen) atoms. The number of sulfonamides is 1. The summed E-state index contributed by atoms with van der Waals surface area (Å²) in [6.45, 7) is 6.79. The molecule has 0 amide bonds. The first kappa shape index (κ1) is 16.0. The Balaban J connectivity index is 1.95. The van der Waals surface area contributed by atoms with E-state index in [0.717, 1.165) is 12.0 Å². The number of aryl methyl sites for hydroxylation is 1. The molecule has 3 rings (SSSR count). The van der Waals surface area contributed by atoms with Gasteiger partial charge in [0.1, 0.15) is 0 Å². The van der Waals surface area contributed by atoms with Gasteiger partial charge in [0.15, 0.2) is 0 Å². The molecule has 0 fully saturated rings. The van der Waals surface area contributed by atoms with Crippen LogP contribution >= 0.6 is 0 Å². The maximum Gasteiger partial charge on any atom is 0.243 e. The standard InChI is InChI=1S/C19H21NO2S/c1-3-16-14-20(13-12-17-6-4-5-7-19(16)17)23(21,22)18-10-8-15(2)9-11-18/h3-11,16H,1,12-14H2,2H3/t16-/m1/s1. The van der Waals surface area contributed by atoms with Gasteiger partial charge >= 0.3 is 0 Å². The van der Waals surface area contributed by atoms with E-state index in [9.17, 15) is 8.42 Å². The molecule has 0 aliphatic carbocycles. The molecule has 0 saturated heterocycles. The summed E-state index contributed by atoms with van der Waals surface area (Å²) in [6.07, 6.45) is 2.58. The molecule has 3 nitrogen and oxygen atoms in total. The molecule has 0 N–H and O–H groups in total. The van der Waals surface area contributed by atoms with Gasteiger partial charge in [0.25, 0.3) is 0 Å². The van der Waals surface area contributed by atoms with E-state index in [4.69, 9.17) is 0 Å². The largest absolute Gasteiger partial charge is 0.243 e. The van der Waals surface area contributed by atoms with Crippen molar-refractivity contribution < 1.29 is 8.42 Å². The highest BCUT2D eigenvalue weighted by molar-refractivity contribution is 7.89. The molecule has 0 spiro atoms. The van der Waals surface area contributed by atoms with Crippen molar-refractivity contribution in [2.24, 2.45) is 0 Å². The minimum Gasteiger partial charge on any atom is -0.207 e. The number of hydrogen-bond donors (Lipinski definition) is 0. The molecule has 1 aliphatic rings. The van der Waals surface area contributed by atoms with E-state index in [1.807, 2.05) is 37.3 Å². The normalized spacial score (nSPS) is 18.9. The first-order valence-corrected chi connectivity index (χ1v) is 9.23. The van der Waals surface area contributed by atoms with E-state index in [1.165, 1.54) is 11.1 Å². The quantitative estimate of drug-likeness (QED) is 0.809. The van der Waals surface area contributed by atoms with Gasteiger partial charge in [-0.2, -0.15) is 4.31 Å². The Labute approximate surface area is 138 Å². The predicted octanol–water partition coefficient (Wildman–Crippen LogP) is 3.51. The van der Waals surface area contributed by atoms with Gasteiger partial charge < -0.3 is 0 Å². The third kappa shape index (κ3) is 3.09. The number of rotatable bonds is 3.